The van der Waals surface area contributed by atoms with Crippen LogP contribution in [0.3, 0.4) is 0 Å². The van der Waals surface area contributed by atoms with E-state index in [0.717, 1.165) is 0 Å². The Balaban J connectivity index is 2.20. The molecule has 0 saturated heterocycles. The van der Waals surface area contributed by atoms with Gasteiger partial charge in [-0.1, -0.05) is 17.7 Å². The van der Waals surface area contributed by atoms with E-state index in [1.54, 1.807) is 0 Å². The molecule has 0 N–H and O–H groups in total. The van der Waals surface area contributed by atoms with E-state index in [1.165, 1.54) is 37.7 Å². The molecular weight excluding hydrogens is 271 g/mol. The Morgan fingerprint density at radius 1 is 1.37 bits per heavy atom. The number of ether oxygens (including phenoxy) is 1. The number of benzene rings is 1. The molecule has 1 heterocycles. The van der Waals surface area contributed by atoms with E-state index in [2.05, 4.69) is 9.97 Å². The molecule has 0 saturated carbocycles. The highest BCUT2D eigenvalue weighted by molar-refractivity contribution is 6.30. The Morgan fingerprint density at radius 2 is 2.16 bits per heavy atom. The lowest BCUT2D eigenvalue weighted by Crippen LogP contribution is -2.08. The maximum absolute atomic E-state index is 13.6. The van der Waals surface area contributed by atoms with Gasteiger partial charge in [0.25, 0.3) is 0 Å². The van der Waals surface area contributed by atoms with Crippen molar-refractivity contribution >= 4 is 17.4 Å². The molecule has 0 aliphatic heterocycles. The summed E-state index contributed by atoms with van der Waals surface area (Å²) in [4.78, 5) is 19.6. The Hall–Kier alpha value is -2.01. The van der Waals surface area contributed by atoms with Gasteiger partial charge in [0.2, 0.25) is 5.88 Å². The molecule has 0 unspecified atom stereocenters. The van der Waals surface area contributed by atoms with Crippen LogP contribution in [-0.2, 0) is 6.42 Å². The summed E-state index contributed by atoms with van der Waals surface area (Å²) in [6.45, 7) is 0. The van der Waals surface area contributed by atoms with Crippen molar-refractivity contribution in [2.45, 2.75) is 6.42 Å². The monoisotopic (exact) mass is 280 g/mol. The first-order valence-electron chi connectivity index (χ1n) is 5.43. The lowest BCUT2D eigenvalue weighted by molar-refractivity contribution is 0.0986. The maximum atomic E-state index is 13.6. The third-order valence-corrected chi connectivity index (χ3v) is 2.74. The molecule has 0 amide bonds. The van der Waals surface area contributed by atoms with Gasteiger partial charge in [-0.05, 0) is 17.7 Å². The number of ketones is 1. The lowest BCUT2D eigenvalue weighted by atomic mass is 10.1. The first-order valence-corrected chi connectivity index (χ1v) is 5.81. The molecule has 6 heteroatoms. The number of rotatable bonds is 4. The molecule has 1 aromatic carbocycles. The molecule has 0 atom stereocenters. The first kappa shape index (κ1) is 13.4. The van der Waals surface area contributed by atoms with Gasteiger partial charge < -0.3 is 4.74 Å². The maximum Gasteiger partial charge on any atom is 0.216 e. The lowest BCUT2D eigenvalue weighted by Gasteiger charge is -2.04. The van der Waals surface area contributed by atoms with Gasteiger partial charge in [0, 0.05) is 17.5 Å². The second kappa shape index (κ2) is 5.75. The molecule has 0 radical (unpaired) electrons. The van der Waals surface area contributed by atoms with Gasteiger partial charge in [-0.25, -0.2) is 14.4 Å². The van der Waals surface area contributed by atoms with Gasteiger partial charge in [0.15, 0.2) is 5.78 Å². The summed E-state index contributed by atoms with van der Waals surface area (Å²) < 4.78 is 18.5. The summed E-state index contributed by atoms with van der Waals surface area (Å²) >= 11 is 5.65. The van der Waals surface area contributed by atoms with E-state index in [4.69, 9.17) is 16.3 Å². The zero-order chi connectivity index (χ0) is 13.8. The van der Waals surface area contributed by atoms with Crippen molar-refractivity contribution in [1.82, 2.24) is 9.97 Å². The Bertz CT molecular complexity index is 619. The highest BCUT2D eigenvalue weighted by Crippen LogP contribution is 2.17. The van der Waals surface area contributed by atoms with Gasteiger partial charge in [-0.2, -0.15) is 0 Å². The average molecular weight is 281 g/mol. The molecule has 2 rings (SSSR count). The van der Waals surface area contributed by atoms with Crippen LogP contribution in [0.2, 0.25) is 5.02 Å². The summed E-state index contributed by atoms with van der Waals surface area (Å²) in [5.74, 6) is -0.543. The van der Waals surface area contributed by atoms with Crippen LogP contribution < -0.4 is 4.74 Å². The fourth-order valence-electron chi connectivity index (χ4n) is 1.53. The number of halogens is 2. The Kier molecular flexibility index (Phi) is 4.06. The van der Waals surface area contributed by atoms with E-state index in [0.29, 0.717) is 0 Å². The summed E-state index contributed by atoms with van der Waals surface area (Å²) in [7, 11) is 1.44. The predicted octanol–water partition coefficient (Wildman–Crippen LogP) is 2.70. The fraction of sp³-hybridized carbons (Fsp3) is 0.154. The number of methoxy groups -OCH3 is 1. The highest BCUT2D eigenvalue weighted by Gasteiger charge is 2.13. The number of Topliss-reactive ketones (excluding diaryl/α,β-unsaturated/α-hetero) is 1. The Labute approximate surface area is 114 Å². The normalized spacial score (nSPS) is 10.3. The van der Waals surface area contributed by atoms with E-state index in [1.807, 2.05) is 0 Å². The second-order valence-electron chi connectivity index (χ2n) is 3.78. The van der Waals surface area contributed by atoms with Crippen LogP contribution >= 0.6 is 11.6 Å². The fourth-order valence-corrected chi connectivity index (χ4v) is 1.69. The van der Waals surface area contributed by atoms with Gasteiger partial charge in [0.05, 0.1) is 7.11 Å². The summed E-state index contributed by atoms with van der Waals surface area (Å²) in [6, 6.07) is 5.60. The molecule has 1 aromatic heterocycles. The summed E-state index contributed by atoms with van der Waals surface area (Å²) in [5.41, 5.74) is 0.452. The molecule has 0 aliphatic rings. The minimum Gasteiger partial charge on any atom is -0.481 e. The molecule has 0 aliphatic carbocycles. The molecular formula is C13H10ClFN2O2. The van der Waals surface area contributed by atoms with Crippen LogP contribution in [0.15, 0.2) is 30.6 Å². The van der Waals surface area contributed by atoms with Crippen molar-refractivity contribution in [1.29, 1.82) is 0 Å². The predicted molar refractivity (Wildman–Crippen MR) is 68.0 cm³/mol. The third kappa shape index (κ3) is 3.26. The second-order valence-corrected chi connectivity index (χ2v) is 4.22. The van der Waals surface area contributed by atoms with Crippen molar-refractivity contribution < 1.29 is 13.9 Å². The van der Waals surface area contributed by atoms with Crippen LogP contribution in [0.1, 0.15) is 16.1 Å². The summed E-state index contributed by atoms with van der Waals surface area (Å²) in [5, 5.41) is 0.289. The smallest absolute Gasteiger partial charge is 0.216 e. The topological polar surface area (TPSA) is 52.1 Å². The number of aromatic nitrogens is 2. The molecule has 98 valence electrons. The van der Waals surface area contributed by atoms with E-state index >= 15 is 0 Å². The van der Waals surface area contributed by atoms with Crippen LogP contribution in [-0.4, -0.2) is 22.9 Å². The van der Waals surface area contributed by atoms with Crippen molar-refractivity contribution in [2.75, 3.05) is 7.11 Å². The minimum atomic E-state index is -0.512. The SMILES string of the molecule is COc1cc(C(=O)Cc2ccc(Cl)cc2F)ncn1. The van der Waals surface area contributed by atoms with E-state index in [-0.39, 0.29) is 34.4 Å². The quantitative estimate of drug-likeness (QED) is 0.808. The van der Waals surface area contributed by atoms with Gasteiger partial charge in [-0.3, -0.25) is 4.79 Å². The molecule has 2 aromatic rings. The highest BCUT2D eigenvalue weighted by atomic mass is 35.5. The molecule has 4 nitrogen and oxygen atoms in total. The zero-order valence-corrected chi connectivity index (χ0v) is 10.8. The van der Waals surface area contributed by atoms with E-state index in [9.17, 15) is 9.18 Å². The number of nitrogens with zero attached hydrogens (tertiary/aromatic N) is 2. The van der Waals surface area contributed by atoms with E-state index < -0.39 is 5.82 Å². The van der Waals surface area contributed by atoms with Crippen molar-refractivity contribution in [3.8, 4) is 5.88 Å². The largest absolute Gasteiger partial charge is 0.481 e. The summed E-state index contributed by atoms with van der Waals surface area (Å²) in [6.07, 6.45) is 1.13. The number of hydrogen-bond donors (Lipinski definition) is 0. The number of carbonyl (C=O) groups is 1. The third-order valence-electron chi connectivity index (χ3n) is 2.50. The average Bonchev–Trinajstić information content (AvgIpc) is 2.42. The molecule has 0 spiro atoms. The molecule has 0 bridgehead atoms. The van der Waals surface area contributed by atoms with Crippen LogP contribution in [0.4, 0.5) is 4.39 Å². The van der Waals surface area contributed by atoms with Crippen LogP contribution in [0, 0.1) is 5.82 Å². The minimum absolute atomic E-state index is 0.0941. The zero-order valence-electron chi connectivity index (χ0n) is 10.1. The number of hydrogen-bond acceptors (Lipinski definition) is 4. The standard InChI is InChI=1S/C13H10ClFN2O2/c1-19-13-6-11(16-7-17-13)12(18)4-8-2-3-9(14)5-10(8)15/h2-3,5-7H,4H2,1H3. The van der Waals surface area contributed by atoms with Crippen molar-refractivity contribution in [3.05, 3.63) is 52.7 Å². The first-order chi connectivity index (χ1) is 9.10. The van der Waals surface area contributed by atoms with Gasteiger partial charge >= 0.3 is 0 Å². The van der Waals surface area contributed by atoms with Crippen molar-refractivity contribution in [3.63, 3.8) is 0 Å². The van der Waals surface area contributed by atoms with Crippen LogP contribution in [0.25, 0.3) is 0 Å². The molecule has 19 heavy (non-hydrogen) atoms. The van der Waals surface area contributed by atoms with Crippen LogP contribution in [0.5, 0.6) is 5.88 Å². The number of carbonyl (C=O) groups excluding carboxylic acids is 1. The van der Waals surface area contributed by atoms with Gasteiger partial charge in [0.1, 0.15) is 17.8 Å². The van der Waals surface area contributed by atoms with Crippen molar-refractivity contribution in [2.24, 2.45) is 0 Å². The Morgan fingerprint density at radius 3 is 2.84 bits per heavy atom. The van der Waals surface area contributed by atoms with Gasteiger partial charge in [-0.15, -0.1) is 0 Å². The molecule has 0 fully saturated rings.